The minimum Gasteiger partial charge on any atom is -0.249 e. The van der Waals surface area contributed by atoms with Crippen LogP contribution in [0.3, 0.4) is 0 Å². The highest BCUT2D eigenvalue weighted by Gasteiger charge is 2.16. The minimum atomic E-state index is -0.220. The van der Waals surface area contributed by atoms with Crippen molar-refractivity contribution >= 4 is 0 Å². The summed E-state index contributed by atoms with van der Waals surface area (Å²) in [5, 5.41) is 4.04. The maximum atomic E-state index is 10.9. The van der Waals surface area contributed by atoms with Crippen molar-refractivity contribution in [2.24, 2.45) is 5.29 Å². The van der Waals surface area contributed by atoms with E-state index in [-0.39, 0.29) is 6.04 Å². The van der Waals surface area contributed by atoms with Crippen LogP contribution in [0, 0.1) is 4.91 Å². The highest BCUT2D eigenvalue weighted by Crippen LogP contribution is 2.21. The number of nitrogens with zero attached hydrogens (tertiary/aromatic N) is 2. The Bertz CT molecular complexity index is 502. The molecule has 0 N–H and O–H groups in total. The summed E-state index contributed by atoms with van der Waals surface area (Å²) in [6.07, 6.45) is 0. The molecule has 0 fully saturated rings. The number of benzene rings is 2. The average Bonchev–Trinajstić information content (AvgIpc) is 2.49. The maximum Gasteiger partial charge on any atom is 0.102 e. The molecule has 0 saturated carbocycles. The molecule has 0 radical (unpaired) electrons. The Morgan fingerprint density at radius 1 is 1.05 bits per heavy atom. The van der Waals surface area contributed by atoms with E-state index in [4.69, 9.17) is 4.84 Å². The first-order valence-electron chi connectivity index (χ1n) is 6.15. The van der Waals surface area contributed by atoms with Crippen LogP contribution in [-0.2, 0) is 11.4 Å². The van der Waals surface area contributed by atoms with Crippen LogP contribution in [0.2, 0.25) is 0 Å². The molecule has 0 spiro atoms. The first-order chi connectivity index (χ1) is 9.31. The predicted octanol–water partition coefficient (Wildman–Crippen LogP) is 3.86. The van der Waals surface area contributed by atoms with Gasteiger partial charge < -0.3 is 0 Å². The zero-order valence-corrected chi connectivity index (χ0v) is 10.8. The first-order valence-corrected chi connectivity index (χ1v) is 6.15. The molecule has 0 aliphatic rings. The molecule has 98 valence electrons. The van der Waals surface area contributed by atoms with Crippen LogP contribution in [0.25, 0.3) is 0 Å². The molecule has 4 nitrogen and oxygen atoms in total. The Kier molecular flexibility index (Phi) is 4.64. The van der Waals surface area contributed by atoms with E-state index in [0.717, 1.165) is 16.3 Å². The van der Waals surface area contributed by atoms with Crippen molar-refractivity contribution in [3.63, 3.8) is 0 Å². The van der Waals surface area contributed by atoms with Gasteiger partial charge in [0.15, 0.2) is 0 Å². The third-order valence-corrected chi connectivity index (χ3v) is 2.90. The van der Waals surface area contributed by atoms with Gasteiger partial charge in [0.25, 0.3) is 0 Å². The average molecular weight is 256 g/mol. The molecule has 2 aromatic carbocycles. The van der Waals surface area contributed by atoms with E-state index in [9.17, 15) is 4.91 Å². The van der Waals surface area contributed by atoms with Crippen LogP contribution in [0.4, 0.5) is 0 Å². The Morgan fingerprint density at radius 3 is 2.21 bits per heavy atom. The van der Waals surface area contributed by atoms with Gasteiger partial charge in [-0.25, -0.2) is 4.84 Å². The topological polar surface area (TPSA) is 41.9 Å². The standard InChI is InChI=1S/C15H16N2O2/c1-13(15-10-6-3-7-11-15)17(16-18)19-12-14-8-4-2-5-9-14/h2-11,13H,12H2,1H3. The van der Waals surface area contributed by atoms with Gasteiger partial charge >= 0.3 is 0 Å². The van der Waals surface area contributed by atoms with E-state index in [1.165, 1.54) is 0 Å². The van der Waals surface area contributed by atoms with Crippen molar-refractivity contribution in [3.8, 4) is 0 Å². The molecular formula is C15H16N2O2. The molecule has 0 amide bonds. The Labute approximate surface area is 112 Å². The summed E-state index contributed by atoms with van der Waals surface area (Å²) in [5.74, 6) is 0. The number of rotatable bonds is 6. The highest BCUT2D eigenvalue weighted by molar-refractivity contribution is 5.18. The lowest BCUT2D eigenvalue weighted by Crippen LogP contribution is -2.21. The molecule has 19 heavy (non-hydrogen) atoms. The van der Waals surface area contributed by atoms with Gasteiger partial charge in [-0.15, -0.1) is 10.1 Å². The summed E-state index contributed by atoms with van der Waals surface area (Å²) in [6.45, 7) is 2.20. The Hall–Kier alpha value is -2.20. The summed E-state index contributed by atoms with van der Waals surface area (Å²) in [5.41, 5.74) is 1.98. The second-order valence-electron chi connectivity index (χ2n) is 4.23. The summed E-state index contributed by atoms with van der Waals surface area (Å²) in [7, 11) is 0. The van der Waals surface area contributed by atoms with E-state index < -0.39 is 0 Å². The molecule has 0 bridgehead atoms. The van der Waals surface area contributed by atoms with Gasteiger partial charge in [0, 0.05) is 0 Å². The summed E-state index contributed by atoms with van der Waals surface area (Å²) >= 11 is 0. The summed E-state index contributed by atoms with van der Waals surface area (Å²) < 4.78 is 0. The van der Waals surface area contributed by atoms with Gasteiger partial charge in [-0.05, 0) is 18.1 Å². The van der Waals surface area contributed by atoms with Crippen LogP contribution in [0.5, 0.6) is 0 Å². The van der Waals surface area contributed by atoms with Crippen molar-refractivity contribution in [2.75, 3.05) is 0 Å². The maximum absolute atomic E-state index is 10.9. The molecular weight excluding hydrogens is 240 g/mol. The fraction of sp³-hybridized carbons (Fsp3) is 0.200. The molecule has 0 aliphatic heterocycles. The number of hydrogen-bond acceptors (Lipinski definition) is 3. The van der Waals surface area contributed by atoms with Crippen molar-refractivity contribution < 1.29 is 4.84 Å². The van der Waals surface area contributed by atoms with Crippen LogP contribution < -0.4 is 0 Å². The van der Waals surface area contributed by atoms with Gasteiger partial charge in [-0.1, -0.05) is 60.7 Å². The van der Waals surface area contributed by atoms with Crippen molar-refractivity contribution in [2.45, 2.75) is 19.6 Å². The van der Waals surface area contributed by atoms with E-state index in [1.54, 1.807) is 0 Å². The van der Waals surface area contributed by atoms with Gasteiger partial charge in [0.1, 0.15) is 12.6 Å². The zero-order chi connectivity index (χ0) is 13.5. The smallest absolute Gasteiger partial charge is 0.102 e. The van der Waals surface area contributed by atoms with Gasteiger partial charge in [0.2, 0.25) is 0 Å². The van der Waals surface area contributed by atoms with Crippen LogP contribution in [0.1, 0.15) is 24.1 Å². The second-order valence-corrected chi connectivity index (χ2v) is 4.23. The minimum absolute atomic E-state index is 0.220. The summed E-state index contributed by atoms with van der Waals surface area (Å²) in [6, 6.07) is 19.1. The van der Waals surface area contributed by atoms with Crippen molar-refractivity contribution in [1.29, 1.82) is 0 Å². The monoisotopic (exact) mass is 256 g/mol. The lowest BCUT2D eigenvalue weighted by Gasteiger charge is -2.22. The Balaban J connectivity index is 1.99. The van der Waals surface area contributed by atoms with Crippen molar-refractivity contribution in [3.05, 3.63) is 76.7 Å². The lowest BCUT2D eigenvalue weighted by molar-refractivity contribution is -0.196. The first kappa shape index (κ1) is 13.2. The quantitative estimate of drug-likeness (QED) is 0.582. The van der Waals surface area contributed by atoms with Crippen LogP contribution in [-0.4, -0.2) is 5.17 Å². The summed E-state index contributed by atoms with van der Waals surface area (Å²) in [4.78, 5) is 16.3. The SMILES string of the molecule is CC(c1ccccc1)N(N=O)OCc1ccccc1. The largest absolute Gasteiger partial charge is 0.249 e. The predicted molar refractivity (Wildman–Crippen MR) is 73.7 cm³/mol. The third kappa shape index (κ3) is 3.63. The van der Waals surface area contributed by atoms with Gasteiger partial charge in [-0.3, -0.25) is 0 Å². The van der Waals surface area contributed by atoms with Crippen molar-refractivity contribution in [1.82, 2.24) is 5.17 Å². The normalized spacial score (nSPS) is 11.8. The van der Waals surface area contributed by atoms with E-state index in [2.05, 4.69) is 5.29 Å². The molecule has 1 atom stereocenters. The van der Waals surface area contributed by atoms with Gasteiger partial charge in [-0.2, -0.15) is 0 Å². The zero-order valence-electron chi connectivity index (χ0n) is 10.8. The number of hydroxylamine groups is 1. The fourth-order valence-electron chi connectivity index (χ4n) is 1.78. The molecule has 0 aliphatic carbocycles. The van der Waals surface area contributed by atoms with E-state index in [1.807, 2.05) is 67.6 Å². The Morgan fingerprint density at radius 2 is 1.63 bits per heavy atom. The molecule has 1 unspecified atom stereocenters. The molecule has 0 aromatic heterocycles. The molecule has 0 heterocycles. The van der Waals surface area contributed by atoms with Crippen LogP contribution >= 0.6 is 0 Å². The van der Waals surface area contributed by atoms with E-state index in [0.29, 0.717) is 6.61 Å². The molecule has 4 heteroatoms. The lowest BCUT2D eigenvalue weighted by atomic mass is 10.1. The number of nitroso groups, excluding NO2 is 1. The fourth-order valence-corrected chi connectivity index (χ4v) is 1.78. The van der Waals surface area contributed by atoms with Gasteiger partial charge in [0.05, 0.1) is 5.29 Å². The molecule has 2 aromatic rings. The second kappa shape index (κ2) is 6.66. The third-order valence-electron chi connectivity index (χ3n) is 2.90. The van der Waals surface area contributed by atoms with Crippen LogP contribution in [0.15, 0.2) is 65.9 Å². The highest BCUT2D eigenvalue weighted by atomic mass is 16.7. The van der Waals surface area contributed by atoms with E-state index >= 15 is 0 Å². The number of hydrogen-bond donors (Lipinski definition) is 0. The molecule has 2 rings (SSSR count). The molecule has 0 saturated heterocycles.